The largest absolute Gasteiger partial charge is 0.462 e. The number of nitrogens with zero attached hydrogens (tertiary/aromatic N) is 3. The summed E-state index contributed by atoms with van der Waals surface area (Å²) in [4.78, 5) is 51.3. The van der Waals surface area contributed by atoms with Crippen molar-refractivity contribution in [3.05, 3.63) is 6.20 Å². The standard InChI is InChI=1S/C35H61N5O11S/c1-4-7-10-13-16-28(42)36-25(34(47)37-27-20-40(39-38-27)19-26(41)33-31(45)32(46)35(48)51-33)23-52-22-24(50-30(44)18-15-12-9-6-3)21-49-29(43)17-14-11-8-5-2/h20,24-26,31-33,35,41,45-46,48H,4-19,21-23H2,1-3H3,(H,36,42)(H,37,47)/t24-,25-,26+,31+,32+,33?,35?/m1/s1. The number of rotatable bonds is 28. The second kappa shape index (κ2) is 26.0. The number of carbonyl (C=O) groups is 4. The Bertz CT molecular complexity index is 1190. The van der Waals surface area contributed by atoms with Crippen molar-refractivity contribution in [2.45, 2.75) is 166 Å². The van der Waals surface area contributed by atoms with E-state index in [-0.39, 0.29) is 67.6 Å². The molecule has 0 radical (unpaired) electrons. The van der Waals surface area contributed by atoms with Crippen LogP contribution >= 0.6 is 11.8 Å². The zero-order chi connectivity index (χ0) is 38.3. The number of unbranched alkanes of at least 4 members (excludes halogenated alkanes) is 9. The van der Waals surface area contributed by atoms with Gasteiger partial charge in [-0.15, -0.1) is 5.10 Å². The van der Waals surface area contributed by atoms with Crippen molar-refractivity contribution in [1.82, 2.24) is 20.3 Å². The predicted molar refractivity (Wildman–Crippen MR) is 194 cm³/mol. The third-order valence-corrected chi connectivity index (χ3v) is 9.69. The lowest BCUT2D eigenvalue weighted by Gasteiger charge is -2.21. The zero-order valence-electron chi connectivity index (χ0n) is 31.0. The Morgan fingerprint density at radius 3 is 2.08 bits per heavy atom. The number of anilines is 1. The van der Waals surface area contributed by atoms with Crippen molar-refractivity contribution in [2.24, 2.45) is 0 Å². The molecule has 1 aliphatic heterocycles. The fourth-order valence-corrected chi connectivity index (χ4v) is 6.48. The van der Waals surface area contributed by atoms with Crippen LogP contribution in [-0.2, 0) is 39.9 Å². The Balaban J connectivity index is 2.04. The molecule has 2 rings (SSSR count). The SMILES string of the molecule is CCCCCCC(=O)N[C@H](CSC[C@@H](COC(=O)CCCCCC)OC(=O)CCCCCC)C(=O)Nc1cn(C[C@H](O)C2OC(O)[C@@H](O)[C@@H]2O)nn1. The van der Waals surface area contributed by atoms with Crippen LogP contribution in [0.25, 0.3) is 0 Å². The molecule has 1 aliphatic rings. The first-order chi connectivity index (χ1) is 25.0. The predicted octanol–water partition coefficient (Wildman–Crippen LogP) is 2.60. The second-order valence-electron chi connectivity index (χ2n) is 13.2. The molecule has 0 saturated carbocycles. The highest BCUT2D eigenvalue weighted by atomic mass is 32.2. The second-order valence-corrected chi connectivity index (χ2v) is 14.3. The first-order valence-corrected chi connectivity index (χ1v) is 19.9. The van der Waals surface area contributed by atoms with Gasteiger partial charge < -0.3 is 45.3 Å². The number of thioether (sulfide) groups is 1. The van der Waals surface area contributed by atoms with Gasteiger partial charge in [0.15, 0.2) is 12.1 Å². The van der Waals surface area contributed by atoms with Crippen LogP contribution in [0.2, 0.25) is 0 Å². The molecule has 1 fully saturated rings. The molecule has 6 N–H and O–H groups in total. The van der Waals surface area contributed by atoms with E-state index in [1.54, 1.807) is 0 Å². The number of amides is 2. The Morgan fingerprint density at radius 2 is 1.48 bits per heavy atom. The molecule has 1 aromatic heterocycles. The zero-order valence-corrected chi connectivity index (χ0v) is 31.8. The molecular formula is C35H61N5O11S. The Labute approximate surface area is 311 Å². The van der Waals surface area contributed by atoms with E-state index >= 15 is 0 Å². The van der Waals surface area contributed by atoms with Gasteiger partial charge in [-0.25, -0.2) is 4.68 Å². The lowest BCUT2D eigenvalue weighted by molar-refractivity contribution is -0.157. The molecule has 16 nitrogen and oxygen atoms in total. The number of ether oxygens (including phenoxy) is 3. The molecule has 17 heteroatoms. The van der Waals surface area contributed by atoms with Gasteiger partial charge in [0.25, 0.3) is 0 Å². The summed E-state index contributed by atoms with van der Waals surface area (Å²) in [6.45, 7) is 5.89. The number of nitrogens with one attached hydrogen (secondary N) is 2. The van der Waals surface area contributed by atoms with Crippen LogP contribution in [0.4, 0.5) is 5.82 Å². The van der Waals surface area contributed by atoms with Gasteiger partial charge in [0.05, 0.1) is 12.7 Å². The number of hydrogen-bond donors (Lipinski definition) is 6. The van der Waals surface area contributed by atoms with Gasteiger partial charge in [0.2, 0.25) is 11.8 Å². The third kappa shape index (κ3) is 17.8. The van der Waals surface area contributed by atoms with E-state index in [4.69, 9.17) is 14.2 Å². The molecule has 2 unspecified atom stereocenters. The van der Waals surface area contributed by atoms with Gasteiger partial charge in [-0.05, 0) is 19.3 Å². The van der Waals surface area contributed by atoms with Crippen molar-refractivity contribution in [2.75, 3.05) is 23.4 Å². The van der Waals surface area contributed by atoms with Crippen molar-refractivity contribution >= 4 is 41.3 Å². The van der Waals surface area contributed by atoms with Crippen molar-refractivity contribution in [1.29, 1.82) is 0 Å². The maximum Gasteiger partial charge on any atom is 0.306 e. The average Bonchev–Trinajstić information content (AvgIpc) is 3.66. The van der Waals surface area contributed by atoms with E-state index in [0.29, 0.717) is 12.8 Å². The lowest BCUT2D eigenvalue weighted by Crippen LogP contribution is -2.45. The van der Waals surface area contributed by atoms with Gasteiger partial charge in [-0.3, -0.25) is 19.2 Å². The minimum atomic E-state index is -1.65. The number of aliphatic hydroxyl groups excluding tert-OH is 4. The first-order valence-electron chi connectivity index (χ1n) is 18.8. The van der Waals surface area contributed by atoms with E-state index in [2.05, 4.69) is 41.7 Å². The molecule has 1 aromatic rings. The number of esters is 2. The summed E-state index contributed by atoms with van der Waals surface area (Å²) in [6, 6.07) is -1.00. The molecule has 2 heterocycles. The highest BCUT2D eigenvalue weighted by Gasteiger charge is 2.45. The minimum absolute atomic E-state index is 0.0260. The summed E-state index contributed by atoms with van der Waals surface area (Å²) < 4.78 is 17.4. The number of carbonyl (C=O) groups excluding carboxylic acids is 4. The fraction of sp³-hybridized carbons (Fsp3) is 0.829. The highest BCUT2D eigenvalue weighted by Crippen LogP contribution is 2.23. The normalized spacial score (nSPS) is 20.2. The average molecular weight is 760 g/mol. The molecule has 298 valence electrons. The first kappa shape index (κ1) is 45.3. The van der Waals surface area contributed by atoms with Crippen LogP contribution in [0.1, 0.15) is 117 Å². The molecule has 2 amide bonds. The van der Waals surface area contributed by atoms with Gasteiger partial charge in [0.1, 0.15) is 43.2 Å². The highest BCUT2D eigenvalue weighted by molar-refractivity contribution is 7.99. The van der Waals surface area contributed by atoms with E-state index in [1.165, 1.54) is 22.6 Å². The summed E-state index contributed by atoms with van der Waals surface area (Å²) in [6.07, 6.45) is 4.92. The van der Waals surface area contributed by atoms with Crippen LogP contribution in [0.5, 0.6) is 0 Å². The molecule has 1 saturated heterocycles. The van der Waals surface area contributed by atoms with Gasteiger partial charge in [0, 0.05) is 30.8 Å². The summed E-state index contributed by atoms with van der Waals surface area (Å²) in [5.41, 5.74) is 0. The minimum Gasteiger partial charge on any atom is -0.462 e. The van der Waals surface area contributed by atoms with Gasteiger partial charge >= 0.3 is 11.9 Å². The molecule has 52 heavy (non-hydrogen) atoms. The monoisotopic (exact) mass is 759 g/mol. The van der Waals surface area contributed by atoms with Crippen LogP contribution in [0, 0.1) is 0 Å². The summed E-state index contributed by atoms with van der Waals surface area (Å²) >= 11 is 1.26. The number of aliphatic hydroxyl groups is 4. The number of hydrogen-bond acceptors (Lipinski definition) is 14. The molecular weight excluding hydrogens is 698 g/mol. The van der Waals surface area contributed by atoms with Crippen LogP contribution in [0.15, 0.2) is 6.20 Å². The molecule has 0 bridgehead atoms. The maximum atomic E-state index is 13.4. The van der Waals surface area contributed by atoms with Crippen LogP contribution in [0.3, 0.4) is 0 Å². The van der Waals surface area contributed by atoms with E-state index < -0.39 is 48.8 Å². The van der Waals surface area contributed by atoms with E-state index in [0.717, 1.165) is 64.2 Å². The Kier molecular flexibility index (Phi) is 22.7. The number of aromatic nitrogens is 3. The Hall–Kier alpha value is -2.83. The third-order valence-electron chi connectivity index (χ3n) is 8.51. The summed E-state index contributed by atoms with van der Waals surface area (Å²) in [7, 11) is 0. The topological polar surface area (TPSA) is 232 Å². The molecule has 0 aliphatic carbocycles. The van der Waals surface area contributed by atoms with E-state index in [9.17, 15) is 39.6 Å². The summed E-state index contributed by atoms with van der Waals surface area (Å²) in [5, 5.41) is 53.1. The van der Waals surface area contributed by atoms with Crippen molar-refractivity contribution in [3.63, 3.8) is 0 Å². The van der Waals surface area contributed by atoms with Gasteiger partial charge in [-0.2, -0.15) is 11.8 Å². The Morgan fingerprint density at radius 1 is 0.865 bits per heavy atom. The van der Waals surface area contributed by atoms with Crippen LogP contribution in [-0.4, -0.2) is 120 Å². The maximum absolute atomic E-state index is 13.4. The summed E-state index contributed by atoms with van der Waals surface area (Å²) in [5.74, 6) is -1.27. The van der Waals surface area contributed by atoms with E-state index in [1.807, 2.05) is 0 Å². The smallest absolute Gasteiger partial charge is 0.306 e. The van der Waals surface area contributed by atoms with Crippen molar-refractivity contribution in [3.8, 4) is 0 Å². The van der Waals surface area contributed by atoms with Gasteiger partial charge in [-0.1, -0.05) is 83.8 Å². The fourth-order valence-electron chi connectivity index (χ4n) is 5.45. The molecule has 0 spiro atoms. The van der Waals surface area contributed by atoms with Crippen molar-refractivity contribution < 1.29 is 53.8 Å². The lowest BCUT2D eigenvalue weighted by atomic mass is 10.1. The van der Waals surface area contributed by atoms with Crippen LogP contribution < -0.4 is 10.6 Å². The molecule has 0 aromatic carbocycles. The quantitative estimate of drug-likeness (QED) is 0.0533. The molecule has 7 atom stereocenters.